The van der Waals surface area contributed by atoms with Gasteiger partial charge in [0, 0.05) is 45.8 Å². The first kappa shape index (κ1) is 15.8. The highest BCUT2D eigenvalue weighted by Gasteiger charge is 2.08. The Morgan fingerprint density at radius 3 is 2.85 bits per heavy atom. The summed E-state index contributed by atoms with van der Waals surface area (Å²) >= 11 is 3.55. The van der Waals surface area contributed by atoms with Gasteiger partial charge < -0.3 is 15.4 Å². The predicted octanol–water partition coefficient (Wildman–Crippen LogP) is 1.84. The Morgan fingerprint density at radius 1 is 1.35 bits per heavy atom. The van der Waals surface area contributed by atoms with Crippen LogP contribution in [0.5, 0.6) is 5.75 Å². The lowest BCUT2D eigenvalue weighted by Gasteiger charge is -2.27. The van der Waals surface area contributed by atoms with Gasteiger partial charge in [0.2, 0.25) is 0 Å². The summed E-state index contributed by atoms with van der Waals surface area (Å²) in [6.45, 7) is 10.3. The maximum Gasteiger partial charge on any atom is 0.133 e. The van der Waals surface area contributed by atoms with Crippen molar-refractivity contribution in [1.29, 1.82) is 0 Å². The van der Waals surface area contributed by atoms with Gasteiger partial charge in [-0.15, -0.1) is 0 Å². The highest BCUT2D eigenvalue weighted by molar-refractivity contribution is 9.10. The van der Waals surface area contributed by atoms with Crippen LogP contribution in [-0.4, -0.2) is 50.8 Å². The van der Waals surface area contributed by atoms with Gasteiger partial charge in [-0.1, -0.05) is 6.07 Å². The average Bonchev–Trinajstić information content (AvgIpc) is 2.48. The summed E-state index contributed by atoms with van der Waals surface area (Å²) in [6.07, 6.45) is 0. The summed E-state index contributed by atoms with van der Waals surface area (Å²) in [5.74, 6) is 0.914. The van der Waals surface area contributed by atoms with Crippen LogP contribution >= 0.6 is 15.9 Å². The van der Waals surface area contributed by atoms with E-state index in [-0.39, 0.29) is 0 Å². The summed E-state index contributed by atoms with van der Waals surface area (Å²) < 4.78 is 6.55. The Balaban J connectivity index is 1.69. The molecule has 1 saturated heterocycles. The fraction of sp³-hybridized carbons (Fsp3) is 0.600. The average molecular weight is 342 g/mol. The molecule has 0 aliphatic carbocycles. The largest absolute Gasteiger partial charge is 0.493 e. The number of nitrogens with one attached hydrogen (secondary N) is 2. The molecule has 1 aromatic rings. The zero-order valence-electron chi connectivity index (χ0n) is 12.1. The third kappa shape index (κ3) is 5.05. The minimum Gasteiger partial charge on any atom is -0.493 e. The van der Waals surface area contributed by atoms with Gasteiger partial charge in [-0.2, -0.15) is 0 Å². The van der Waals surface area contributed by atoms with Gasteiger partial charge in [-0.05, 0) is 40.5 Å². The van der Waals surface area contributed by atoms with Crippen molar-refractivity contribution < 1.29 is 4.74 Å². The zero-order chi connectivity index (χ0) is 14.2. The van der Waals surface area contributed by atoms with Crippen molar-refractivity contribution in [3.63, 3.8) is 0 Å². The lowest BCUT2D eigenvalue weighted by molar-refractivity contribution is 0.241. The maximum atomic E-state index is 5.52. The number of halogens is 1. The van der Waals surface area contributed by atoms with Gasteiger partial charge in [0.1, 0.15) is 5.75 Å². The molecule has 4 nitrogen and oxygen atoms in total. The quantitative estimate of drug-likeness (QED) is 0.742. The lowest BCUT2D eigenvalue weighted by Crippen LogP contribution is -2.45. The Morgan fingerprint density at radius 2 is 2.15 bits per heavy atom. The number of benzene rings is 1. The Kier molecular flexibility index (Phi) is 6.79. The van der Waals surface area contributed by atoms with Crippen molar-refractivity contribution in [3.8, 4) is 5.75 Å². The fourth-order valence-electron chi connectivity index (χ4n) is 2.33. The van der Waals surface area contributed by atoms with Crippen LogP contribution < -0.4 is 15.4 Å². The van der Waals surface area contributed by atoms with Gasteiger partial charge >= 0.3 is 0 Å². The summed E-state index contributed by atoms with van der Waals surface area (Å²) in [4.78, 5) is 2.50. The monoisotopic (exact) mass is 341 g/mol. The molecule has 112 valence electrons. The Bertz CT molecular complexity index is 408. The van der Waals surface area contributed by atoms with E-state index < -0.39 is 0 Å². The molecule has 0 saturated carbocycles. The third-order valence-electron chi connectivity index (χ3n) is 3.44. The third-order valence-corrected chi connectivity index (χ3v) is 4.06. The number of hydrogen-bond acceptors (Lipinski definition) is 4. The second-order valence-electron chi connectivity index (χ2n) is 4.97. The van der Waals surface area contributed by atoms with E-state index in [2.05, 4.69) is 43.6 Å². The van der Waals surface area contributed by atoms with Crippen molar-refractivity contribution >= 4 is 15.9 Å². The predicted molar refractivity (Wildman–Crippen MR) is 86.3 cm³/mol. The molecule has 0 unspecified atom stereocenters. The Labute approximate surface area is 130 Å². The molecule has 20 heavy (non-hydrogen) atoms. The number of hydrogen-bond donors (Lipinski definition) is 2. The maximum absolute atomic E-state index is 5.52. The minimum absolute atomic E-state index is 0.695. The molecule has 1 heterocycles. The summed E-state index contributed by atoms with van der Waals surface area (Å²) in [7, 11) is 0. The van der Waals surface area contributed by atoms with E-state index in [4.69, 9.17) is 4.74 Å². The van der Waals surface area contributed by atoms with Crippen LogP contribution in [0, 0.1) is 0 Å². The van der Waals surface area contributed by atoms with E-state index in [1.165, 1.54) is 5.56 Å². The first-order valence-electron chi connectivity index (χ1n) is 7.34. The first-order chi connectivity index (χ1) is 9.79. The van der Waals surface area contributed by atoms with Gasteiger partial charge in [0.05, 0.1) is 11.1 Å². The van der Waals surface area contributed by atoms with E-state index in [9.17, 15) is 0 Å². The van der Waals surface area contributed by atoms with Crippen molar-refractivity contribution in [2.75, 3.05) is 45.9 Å². The molecular weight excluding hydrogens is 318 g/mol. The molecule has 0 radical (unpaired) electrons. The van der Waals surface area contributed by atoms with Crippen LogP contribution in [0.25, 0.3) is 0 Å². The SMILES string of the molecule is CCOc1ccc(CNCCN2CCNCC2)cc1Br. The molecule has 0 aromatic heterocycles. The first-order valence-corrected chi connectivity index (χ1v) is 8.14. The second kappa shape index (κ2) is 8.62. The van der Waals surface area contributed by atoms with Crippen LogP contribution in [0.2, 0.25) is 0 Å². The van der Waals surface area contributed by atoms with Gasteiger partial charge in [0.15, 0.2) is 0 Å². The molecule has 0 spiro atoms. The summed E-state index contributed by atoms with van der Waals surface area (Å²) in [5, 5.41) is 6.88. The molecule has 2 N–H and O–H groups in total. The molecule has 1 fully saturated rings. The molecular formula is C15H24BrN3O. The van der Waals surface area contributed by atoms with Crippen LogP contribution in [0.4, 0.5) is 0 Å². The van der Waals surface area contributed by atoms with Crippen molar-refractivity contribution in [2.24, 2.45) is 0 Å². The van der Waals surface area contributed by atoms with Gasteiger partial charge in [0.25, 0.3) is 0 Å². The fourth-order valence-corrected chi connectivity index (χ4v) is 2.87. The van der Waals surface area contributed by atoms with Crippen molar-refractivity contribution in [3.05, 3.63) is 28.2 Å². The summed E-state index contributed by atoms with van der Waals surface area (Å²) in [5.41, 5.74) is 1.28. The molecule has 1 aromatic carbocycles. The van der Waals surface area contributed by atoms with Crippen LogP contribution in [0.3, 0.4) is 0 Å². The molecule has 0 amide bonds. The molecule has 5 heteroatoms. The van der Waals surface area contributed by atoms with E-state index in [1.807, 2.05) is 13.0 Å². The molecule has 1 aliphatic heterocycles. The summed E-state index contributed by atoms with van der Waals surface area (Å²) in [6, 6.07) is 6.28. The normalized spacial score (nSPS) is 16.3. The molecule has 0 bridgehead atoms. The Hall–Kier alpha value is -0.620. The smallest absolute Gasteiger partial charge is 0.133 e. The van der Waals surface area contributed by atoms with Gasteiger partial charge in [-0.25, -0.2) is 0 Å². The van der Waals surface area contributed by atoms with Gasteiger partial charge in [-0.3, -0.25) is 4.90 Å². The minimum atomic E-state index is 0.695. The number of ether oxygens (including phenoxy) is 1. The standard InChI is InChI=1S/C15H24BrN3O/c1-2-20-15-4-3-13(11-14(15)16)12-18-7-10-19-8-5-17-6-9-19/h3-4,11,17-18H,2,5-10,12H2,1H3. The molecule has 1 aliphatic rings. The van der Waals surface area contributed by atoms with Crippen LogP contribution in [-0.2, 0) is 6.54 Å². The zero-order valence-corrected chi connectivity index (χ0v) is 13.7. The van der Waals surface area contributed by atoms with Crippen LogP contribution in [0.15, 0.2) is 22.7 Å². The van der Waals surface area contributed by atoms with Crippen molar-refractivity contribution in [1.82, 2.24) is 15.5 Å². The number of piperazine rings is 1. The van der Waals surface area contributed by atoms with E-state index in [0.717, 1.165) is 56.0 Å². The van der Waals surface area contributed by atoms with E-state index in [0.29, 0.717) is 6.61 Å². The molecule has 2 rings (SSSR count). The van der Waals surface area contributed by atoms with Crippen LogP contribution in [0.1, 0.15) is 12.5 Å². The molecule has 0 atom stereocenters. The number of rotatable bonds is 7. The number of nitrogens with zero attached hydrogens (tertiary/aromatic N) is 1. The van der Waals surface area contributed by atoms with E-state index >= 15 is 0 Å². The van der Waals surface area contributed by atoms with Crippen molar-refractivity contribution in [2.45, 2.75) is 13.5 Å². The lowest BCUT2D eigenvalue weighted by atomic mass is 10.2. The topological polar surface area (TPSA) is 36.5 Å². The highest BCUT2D eigenvalue weighted by atomic mass is 79.9. The van der Waals surface area contributed by atoms with E-state index in [1.54, 1.807) is 0 Å². The second-order valence-corrected chi connectivity index (χ2v) is 5.82. The highest BCUT2D eigenvalue weighted by Crippen LogP contribution is 2.25.